The fraction of sp³-hybridized carbons (Fsp3) is 0.452. The van der Waals surface area contributed by atoms with Crippen molar-refractivity contribution >= 4 is 26.9 Å². The SMILES string of the molecule is CC(C)COC(=O)c1[nH]c2ccc(F)cc2c1-c1cn(CC2CCN(CCNS(=O)(=O)c3ccc4c(c3)CCO4)CC2)nn1. The van der Waals surface area contributed by atoms with Crippen LogP contribution in [0.25, 0.3) is 22.2 Å². The van der Waals surface area contributed by atoms with Gasteiger partial charge in [0.2, 0.25) is 10.0 Å². The fourth-order valence-electron chi connectivity index (χ4n) is 5.81. The summed E-state index contributed by atoms with van der Waals surface area (Å²) in [5.41, 5.74) is 2.72. The van der Waals surface area contributed by atoms with Crippen LogP contribution in [0, 0.1) is 17.7 Å². The Bertz CT molecular complexity index is 1760. The summed E-state index contributed by atoms with van der Waals surface area (Å²) in [6.45, 7) is 8.07. The molecule has 4 aromatic rings. The van der Waals surface area contributed by atoms with Crippen molar-refractivity contribution in [3.63, 3.8) is 0 Å². The first-order chi connectivity index (χ1) is 21.2. The molecule has 2 aliphatic rings. The van der Waals surface area contributed by atoms with E-state index in [0.29, 0.717) is 54.3 Å². The number of carbonyl (C=O) groups is 1. The Labute approximate surface area is 255 Å². The number of rotatable bonds is 11. The van der Waals surface area contributed by atoms with E-state index in [9.17, 15) is 17.6 Å². The van der Waals surface area contributed by atoms with Crippen molar-refractivity contribution in [2.24, 2.45) is 11.8 Å². The molecule has 0 amide bonds. The number of sulfonamides is 1. The van der Waals surface area contributed by atoms with E-state index >= 15 is 0 Å². The minimum Gasteiger partial charge on any atom is -0.493 e. The summed E-state index contributed by atoms with van der Waals surface area (Å²) in [5.74, 6) is 0.365. The maximum absolute atomic E-state index is 14.2. The minimum atomic E-state index is -3.59. The Kier molecular flexibility index (Phi) is 8.70. The molecule has 2 aromatic carbocycles. The van der Waals surface area contributed by atoms with Gasteiger partial charge >= 0.3 is 5.97 Å². The molecule has 11 nitrogen and oxygen atoms in total. The fourth-order valence-corrected chi connectivity index (χ4v) is 6.88. The second-order valence-corrected chi connectivity index (χ2v) is 13.7. The maximum atomic E-state index is 14.2. The van der Waals surface area contributed by atoms with Crippen LogP contribution in [0.5, 0.6) is 5.75 Å². The summed E-state index contributed by atoms with van der Waals surface area (Å²) in [4.78, 5) is 18.6. The molecule has 0 aliphatic carbocycles. The van der Waals surface area contributed by atoms with Gasteiger partial charge in [0.25, 0.3) is 0 Å². The van der Waals surface area contributed by atoms with Crippen LogP contribution in [-0.4, -0.2) is 78.7 Å². The molecule has 6 rings (SSSR count). The number of H-pyrrole nitrogens is 1. The van der Waals surface area contributed by atoms with Gasteiger partial charge in [-0.15, -0.1) is 5.10 Å². The van der Waals surface area contributed by atoms with Crippen LogP contribution in [0.4, 0.5) is 4.39 Å². The quantitative estimate of drug-likeness (QED) is 0.240. The van der Waals surface area contributed by atoms with Crippen molar-refractivity contribution in [2.45, 2.75) is 44.6 Å². The van der Waals surface area contributed by atoms with Crippen LogP contribution in [0.1, 0.15) is 42.7 Å². The standard InChI is InChI=1S/C31H37FN6O5S/c1-20(2)19-43-31(39)30-29(25-16-23(32)3-5-26(25)34-30)27-18-38(36-35-27)17-21-7-11-37(12-8-21)13-10-33-44(40,41)24-4-6-28-22(15-24)9-14-42-28/h3-6,15-16,18,20-21,33-34H,7-14,17,19H2,1-2H3. The highest BCUT2D eigenvalue weighted by molar-refractivity contribution is 7.89. The molecule has 0 bridgehead atoms. The van der Waals surface area contributed by atoms with Crippen molar-refractivity contribution in [1.29, 1.82) is 0 Å². The van der Waals surface area contributed by atoms with Gasteiger partial charge in [-0.3, -0.25) is 4.68 Å². The Morgan fingerprint density at radius 3 is 2.82 bits per heavy atom. The van der Waals surface area contributed by atoms with E-state index < -0.39 is 21.8 Å². The largest absolute Gasteiger partial charge is 0.493 e. The lowest BCUT2D eigenvalue weighted by molar-refractivity contribution is 0.0454. The third kappa shape index (κ3) is 6.64. The monoisotopic (exact) mass is 624 g/mol. The average molecular weight is 625 g/mol. The zero-order valence-electron chi connectivity index (χ0n) is 24.9. The minimum absolute atomic E-state index is 0.173. The first-order valence-electron chi connectivity index (χ1n) is 15.0. The Morgan fingerprint density at radius 1 is 1.20 bits per heavy atom. The summed E-state index contributed by atoms with van der Waals surface area (Å²) >= 11 is 0. The molecule has 1 saturated heterocycles. The van der Waals surface area contributed by atoms with Crippen molar-refractivity contribution in [3.8, 4) is 17.0 Å². The number of carbonyl (C=O) groups excluding carboxylic acids is 1. The summed E-state index contributed by atoms with van der Waals surface area (Å²) in [6, 6.07) is 9.33. The molecule has 234 valence electrons. The maximum Gasteiger partial charge on any atom is 0.355 e. The number of likely N-dealkylation sites (tertiary alicyclic amines) is 1. The molecule has 44 heavy (non-hydrogen) atoms. The molecule has 0 spiro atoms. The Hall–Kier alpha value is -3.81. The highest BCUT2D eigenvalue weighted by Crippen LogP contribution is 2.33. The first-order valence-corrected chi connectivity index (χ1v) is 16.5. The molecular formula is C31H37FN6O5S. The number of piperidine rings is 1. The third-order valence-corrected chi connectivity index (χ3v) is 9.61. The van der Waals surface area contributed by atoms with Gasteiger partial charge in [-0.1, -0.05) is 19.1 Å². The van der Waals surface area contributed by atoms with E-state index in [1.807, 2.05) is 13.8 Å². The van der Waals surface area contributed by atoms with Crippen LogP contribution in [0.15, 0.2) is 47.5 Å². The Morgan fingerprint density at radius 2 is 2.02 bits per heavy atom. The van der Waals surface area contributed by atoms with Crippen molar-refractivity contribution < 1.29 is 27.1 Å². The van der Waals surface area contributed by atoms with Gasteiger partial charge in [0.1, 0.15) is 23.0 Å². The number of hydrogen-bond acceptors (Lipinski definition) is 8. The highest BCUT2D eigenvalue weighted by atomic mass is 32.2. The molecule has 4 heterocycles. The van der Waals surface area contributed by atoms with Crippen LogP contribution in [0.2, 0.25) is 0 Å². The number of nitrogens with one attached hydrogen (secondary N) is 2. The lowest BCUT2D eigenvalue weighted by Gasteiger charge is -2.31. The molecular weight excluding hydrogens is 587 g/mol. The smallest absolute Gasteiger partial charge is 0.355 e. The van der Waals surface area contributed by atoms with E-state index in [2.05, 4.69) is 24.9 Å². The number of hydrogen-bond donors (Lipinski definition) is 2. The summed E-state index contributed by atoms with van der Waals surface area (Å²) in [5, 5.41) is 9.21. The number of ether oxygens (including phenoxy) is 2. The third-order valence-electron chi connectivity index (χ3n) is 8.15. The van der Waals surface area contributed by atoms with Crippen LogP contribution < -0.4 is 9.46 Å². The van der Waals surface area contributed by atoms with Crippen LogP contribution in [0.3, 0.4) is 0 Å². The lowest BCUT2D eigenvalue weighted by atomic mass is 9.97. The lowest BCUT2D eigenvalue weighted by Crippen LogP contribution is -2.40. The number of esters is 1. The van der Waals surface area contributed by atoms with Gasteiger partial charge in [0, 0.05) is 42.5 Å². The predicted molar refractivity (Wildman–Crippen MR) is 162 cm³/mol. The van der Waals surface area contributed by atoms with Gasteiger partial charge in [0.05, 0.1) is 24.3 Å². The zero-order chi connectivity index (χ0) is 30.8. The second kappa shape index (κ2) is 12.7. The van der Waals surface area contributed by atoms with Crippen LogP contribution >= 0.6 is 0 Å². The number of aromatic nitrogens is 4. The summed E-state index contributed by atoms with van der Waals surface area (Å²) < 4.78 is 55.2. The zero-order valence-corrected chi connectivity index (χ0v) is 25.7. The number of benzene rings is 2. The average Bonchev–Trinajstić information content (AvgIpc) is 3.74. The molecule has 1 fully saturated rings. The van der Waals surface area contributed by atoms with Gasteiger partial charge < -0.3 is 19.4 Å². The van der Waals surface area contributed by atoms with E-state index in [1.165, 1.54) is 12.1 Å². The van der Waals surface area contributed by atoms with Crippen molar-refractivity contribution in [3.05, 3.63) is 59.7 Å². The second-order valence-electron chi connectivity index (χ2n) is 11.9. The molecule has 0 unspecified atom stereocenters. The van der Waals surface area contributed by atoms with E-state index in [0.717, 1.165) is 43.7 Å². The number of fused-ring (bicyclic) bond motifs is 2. The van der Waals surface area contributed by atoms with Gasteiger partial charge in [-0.05, 0) is 79.7 Å². The van der Waals surface area contributed by atoms with Gasteiger partial charge in [-0.2, -0.15) is 0 Å². The highest BCUT2D eigenvalue weighted by Gasteiger charge is 2.25. The molecule has 0 atom stereocenters. The van der Waals surface area contributed by atoms with Gasteiger partial charge in [0.15, 0.2) is 0 Å². The van der Waals surface area contributed by atoms with E-state index in [-0.39, 0.29) is 23.1 Å². The summed E-state index contributed by atoms with van der Waals surface area (Å²) in [6.07, 6.45) is 4.37. The molecule has 2 aliphatic heterocycles. The normalized spacial score (nSPS) is 16.0. The van der Waals surface area contributed by atoms with Gasteiger partial charge in [-0.25, -0.2) is 22.3 Å². The molecule has 0 saturated carbocycles. The molecule has 0 radical (unpaired) electrons. The topological polar surface area (TPSA) is 131 Å². The van der Waals surface area contributed by atoms with Crippen LogP contribution in [-0.2, 0) is 27.7 Å². The summed E-state index contributed by atoms with van der Waals surface area (Å²) in [7, 11) is -3.59. The molecule has 2 aromatic heterocycles. The number of halogens is 1. The molecule has 13 heteroatoms. The first kappa shape index (κ1) is 30.2. The number of nitrogens with zero attached hydrogens (tertiary/aromatic N) is 4. The molecule has 2 N–H and O–H groups in total. The predicted octanol–water partition coefficient (Wildman–Crippen LogP) is 4.00. The van der Waals surface area contributed by atoms with E-state index in [4.69, 9.17) is 9.47 Å². The Balaban J connectivity index is 1.04. The van der Waals surface area contributed by atoms with E-state index in [1.54, 1.807) is 35.1 Å². The van der Waals surface area contributed by atoms with Crippen molar-refractivity contribution in [2.75, 3.05) is 39.4 Å². The van der Waals surface area contributed by atoms with Crippen molar-refractivity contribution in [1.82, 2.24) is 29.6 Å². The number of aromatic amines is 1.